The molecule has 1 N–H and O–H groups in total. The summed E-state index contributed by atoms with van der Waals surface area (Å²) in [4.78, 5) is 27.0. The zero-order chi connectivity index (χ0) is 15.0. The topological polar surface area (TPSA) is 60.9 Å². The molecule has 1 amide bonds. The van der Waals surface area contributed by atoms with E-state index in [-0.39, 0.29) is 11.8 Å². The number of rotatable bonds is 3. The molecule has 1 aliphatic carbocycles. The number of carboxylic acid groups (broad SMARTS) is 1. The first-order valence-corrected chi connectivity index (χ1v) is 7.46. The summed E-state index contributed by atoms with van der Waals surface area (Å²) in [5.41, 5.74) is 1.06. The molecule has 21 heavy (non-hydrogen) atoms. The summed E-state index contributed by atoms with van der Waals surface area (Å²) < 4.78 is 0. The molecule has 0 spiro atoms. The normalized spacial score (nSPS) is 24.8. The number of aliphatic carboxylic acids is 1. The lowest BCUT2D eigenvalue weighted by Gasteiger charge is -2.36. The Bertz CT molecular complexity index is 570. The van der Waals surface area contributed by atoms with Crippen LogP contribution in [0.25, 0.3) is 0 Å². The molecule has 1 heterocycles. The minimum Gasteiger partial charge on any atom is -0.481 e. The molecule has 0 radical (unpaired) electrons. The van der Waals surface area contributed by atoms with Crippen LogP contribution in [0.3, 0.4) is 0 Å². The summed E-state index contributed by atoms with van der Waals surface area (Å²) in [5.74, 6) is -1.64. The molecule has 0 bridgehead atoms. The molecule has 1 saturated heterocycles. The molecule has 1 aliphatic heterocycles. The fourth-order valence-corrected chi connectivity index (χ4v) is 3.02. The summed E-state index contributed by atoms with van der Waals surface area (Å²) >= 11 is 5.99. The lowest BCUT2D eigenvalue weighted by molar-refractivity contribution is -0.142. The number of carbonyl (C=O) groups is 2. The van der Waals surface area contributed by atoms with Crippen molar-refractivity contribution in [1.82, 2.24) is 4.90 Å². The standard InChI is InChI=1S/C15H17ClN2O3/c16-10-2-1-3-11(8-10)17-4-6-18(7-5-17)14(19)12-9-13(12)15(20)21/h1-3,8,12-13H,4-7,9H2,(H,20,21)/t12-,13+/m1/s1. The third-order valence-electron chi connectivity index (χ3n) is 4.19. The van der Waals surface area contributed by atoms with E-state index >= 15 is 0 Å². The number of hydrogen-bond acceptors (Lipinski definition) is 3. The Morgan fingerprint density at radius 2 is 1.86 bits per heavy atom. The molecule has 3 rings (SSSR count). The van der Waals surface area contributed by atoms with E-state index in [1.807, 2.05) is 24.3 Å². The third-order valence-corrected chi connectivity index (χ3v) is 4.42. The first-order chi connectivity index (χ1) is 10.1. The van der Waals surface area contributed by atoms with Gasteiger partial charge in [0.15, 0.2) is 0 Å². The number of halogens is 1. The van der Waals surface area contributed by atoms with E-state index in [0.717, 1.165) is 18.8 Å². The molecule has 6 heteroatoms. The van der Waals surface area contributed by atoms with Gasteiger partial charge in [-0.05, 0) is 24.6 Å². The van der Waals surface area contributed by atoms with Crippen molar-refractivity contribution in [2.75, 3.05) is 31.1 Å². The number of nitrogens with zero attached hydrogens (tertiary/aromatic N) is 2. The molecule has 2 atom stereocenters. The van der Waals surface area contributed by atoms with Crippen LogP contribution in [-0.4, -0.2) is 48.1 Å². The van der Waals surface area contributed by atoms with Gasteiger partial charge in [-0.1, -0.05) is 17.7 Å². The predicted molar refractivity (Wildman–Crippen MR) is 79.5 cm³/mol. The Labute approximate surface area is 128 Å². The van der Waals surface area contributed by atoms with Crippen molar-refractivity contribution in [3.8, 4) is 0 Å². The van der Waals surface area contributed by atoms with Crippen molar-refractivity contribution in [3.05, 3.63) is 29.3 Å². The second-order valence-electron chi connectivity index (χ2n) is 5.58. The van der Waals surface area contributed by atoms with Crippen LogP contribution in [0.4, 0.5) is 5.69 Å². The second-order valence-corrected chi connectivity index (χ2v) is 6.02. The van der Waals surface area contributed by atoms with Gasteiger partial charge >= 0.3 is 5.97 Å². The van der Waals surface area contributed by atoms with Gasteiger partial charge < -0.3 is 14.9 Å². The quantitative estimate of drug-likeness (QED) is 0.923. The van der Waals surface area contributed by atoms with Gasteiger partial charge in [-0.25, -0.2) is 0 Å². The fourth-order valence-electron chi connectivity index (χ4n) is 2.83. The zero-order valence-corrected chi connectivity index (χ0v) is 12.3. The Balaban J connectivity index is 1.56. The average molecular weight is 309 g/mol. The third kappa shape index (κ3) is 2.97. The first-order valence-electron chi connectivity index (χ1n) is 7.08. The number of benzene rings is 1. The maximum absolute atomic E-state index is 12.2. The van der Waals surface area contributed by atoms with Crippen LogP contribution in [0.15, 0.2) is 24.3 Å². The van der Waals surface area contributed by atoms with Crippen molar-refractivity contribution in [2.45, 2.75) is 6.42 Å². The molecule has 0 unspecified atom stereocenters. The van der Waals surface area contributed by atoms with Crippen LogP contribution in [0.2, 0.25) is 5.02 Å². The lowest BCUT2D eigenvalue weighted by Crippen LogP contribution is -2.49. The average Bonchev–Trinajstić information content (AvgIpc) is 3.27. The van der Waals surface area contributed by atoms with E-state index in [0.29, 0.717) is 24.5 Å². The van der Waals surface area contributed by atoms with E-state index in [4.69, 9.17) is 16.7 Å². The Morgan fingerprint density at radius 1 is 1.14 bits per heavy atom. The van der Waals surface area contributed by atoms with Crippen molar-refractivity contribution in [3.63, 3.8) is 0 Å². The van der Waals surface area contributed by atoms with E-state index in [1.54, 1.807) is 4.90 Å². The zero-order valence-electron chi connectivity index (χ0n) is 11.5. The van der Waals surface area contributed by atoms with Crippen LogP contribution >= 0.6 is 11.6 Å². The summed E-state index contributed by atoms with van der Waals surface area (Å²) in [6.45, 7) is 2.76. The number of carbonyl (C=O) groups excluding carboxylic acids is 1. The second kappa shape index (κ2) is 5.56. The Kier molecular flexibility index (Phi) is 3.76. The van der Waals surface area contributed by atoms with Crippen LogP contribution < -0.4 is 4.90 Å². The van der Waals surface area contributed by atoms with Gasteiger partial charge in [0.05, 0.1) is 11.8 Å². The van der Waals surface area contributed by atoms with E-state index < -0.39 is 11.9 Å². The van der Waals surface area contributed by atoms with Crippen molar-refractivity contribution in [2.24, 2.45) is 11.8 Å². The largest absolute Gasteiger partial charge is 0.481 e. The Morgan fingerprint density at radius 3 is 2.43 bits per heavy atom. The molecule has 1 aromatic carbocycles. The predicted octanol–water partition coefficient (Wildman–Crippen LogP) is 1.71. The summed E-state index contributed by atoms with van der Waals surface area (Å²) in [7, 11) is 0. The van der Waals surface area contributed by atoms with Gasteiger partial charge in [0.1, 0.15) is 0 Å². The van der Waals surface area contributed by atoms with Gasteiger partial charge in [0.25, 0.3) is 0 Å². The van der Waals surface area contributed by atoms with E-state index in [9.17, 15) is 9.59 Å². The van der Waals surface area contributed by atoms with Gasteiger partial charge in [-0.2, -0.15) is 0 Å². The Hall–Kier alpha value is -1.75. The maximum atomic E-state index is 12.2. The molecular formula is C15H17ClN2O3. The molecule has 2 fully saturated rings. The first kappa shape index (κ1) is 14.2. The van der Waals surface area contributed by atoms with Gasteiger partial charge in [-0.15, -0.1) is 0 Å². The molecule has 1 aromatic rings. The molecule has 0 aromatic heterocycles. The summed E-state index contributed by atoms with van der Waals surface area (Å²) in [6.07, 6.45) is 0.489. The molecule has 112 valence electrons. The van der Waals surface area contributed by atoms with Crippen LogP contribution in [0.5, 0.6) is 0 Å². The SMILES string of the molecule is O=C(O)[C@H]1C[C@H]1C(=O)N1CCN(c2cccc(Cl)c2)CC1. The van der Waals surface area contributed by atoms with Crippen molar-refractivity contribution in [1.29, 1.82) is 0 Å². The molecule has 1 saturated carbocycles. The van der Waals surface area contributed by atoms with Crippen LogP contribution in [-0.2, 0) is 9.59 Å². The highest BCUT2D eigenvalue weighted by atomic mass is 35.5. The summed E-state index contributed by atoms with van der Waals surface area (Å²) in [6, 6.07) is 7.67. The lowest BCUT2D eigenvalue weighted by atomic mass is 10.2. The highest BCUT2D eigenvalue weighted by molar-refractivity contribution is 6.30. The number of carboxylic acids is 1. The van der Waals surface area contributed by atoms with Crippen molar-refractivity contribution < 1.29 is 14.7 Å². The molecular weight excluding hydrogens is 292 g/mol. The van der Waals surface area contributed by atoms with Crippen LogP contribution in [0.1, 0.15) is 6.42 Å². The fraction of sp³-hybridized carbons (Fsp3) is 0.467. The highest BCUT2D eigenvalue weighted by Gasteiger charge is 2.49. The highest BCUT2D eigenvalue weighted by Crippen LogP contribution is 2.40. The monoisotopic (exact) mass is 308 g/mol. The van der Waals surface area contributed by atoms with Gasteiger partial charge in [0.2, 0.25) is 5.91 Å². The smallest absolute Gasteiger partial charge is 0.307 e. The van der Waals surface area contributed by atoms with E-state index in [1.165, 1.54) is 0 Å². The minimum absolute atomic E-state index is 0.00635. The maximum Gasteiger partial charge on any atom is 0.307 e. The van der Waals surface area contributed by atoms with Gasteiger partial charge in [-0.3, -0.25) is 9.59 Å². The van der Waals surface area contributed by atoms with Gasteiger partial charge in [0, 0.05) is 36.9 Å². The number of anilines is 1. The molecule has 5 nitrogen and oxygen atoms in total. The molecule has 2 aliphatic rings. The van der Waals surface area contributed by atoms with Crippen molar-refractivity contribution >= 4 is 29.2 Å². The van der Waals surface area contributed by atoms with E-state index in [2.05, 4.69) is 4.90 Å². The van der Waals surface area contributed by atoms with Crippen LogP contribution in [0, 0.1) is 11.8 Å². The minimum atomic E-state index is -0.856. The summed E-state index contributed by atoms with van der Waals surface area (Å²) in [5, 5.41) is 9.60. The number of piperazine rings is 1. The number of hydrogen-bond donors (Lipinski definition) is 1. The number of amides is 1.